The van der Waals surface area contributed by atoms with Crippen LogP contribution in [0.1, 0.15) is 18.3 Å². The molecule has 0 aliphatic rings. The Morgan fingerprint density at radius 1 is 1.32 bits per heavy atom. The maximum Gasteiger partial charge on any atom is 0.266 e. The molecule has 0 fully saturated rings. The average Bonchev–Trinajstić information content (AvgIpc) is 2.71. The fourth-order valence-corrected chi connectivity index (χ4v) is 2.91. The molecule has 0 radical (unpaired) electrons. The minimum atomic E-state index is -3.65. The van der Waals surface area contributed by atoms with E-state index >= 15 is 0 Å². The van der Waals surface area contributed by atoms with Crippen molar-refractivity contribution in [2.24, 2.45) is 0 Å². The molecule has 2 aromatic heterocycles. The minimum Gasteiger partial charge on any atom is -0.271 e. The summed E-state index contributed by atoms with van der Waals surface area (Å²) in [6.45, 7) is 6.00. The van der Waals surface area contributed by atoms with Gasteiger partial charge in [0, 0.05) is 18.4 Å². The molecule has 0 saturated heterocycles. The molecular weight excluding hydrogens is 264 g/mol. The summed E-state index contributed by atoms with van der Waals surface area (Å²) in [4.78, 5) is 4.30. The summed E-state index contributed by atoms with van der Waals surface area (Å²) >= 11 is 0. The molecule has 7 heteroatoms. The third kappa shape index (κ3) is 2.93. The predicted molar refractivity (Wildman–Crippen MR) is 72.4 cm³/mol. The van der Waals surface area contributed by atoms with E-state index in [1.165, 1.54) is 6.20 Å². The lowest BCUT2D eigenvalue weighted by atomic mass is 10.4. The molecule has 0 aliphatic carbocycles. The Bertz CT molecular complexity index is 692. The number of pyridine rings is 1. The summed E-state index contributed by atoms with van der Waals surface area (Å²) in [7, 11) is -3.65. The van der Waals surface area contributed by atoms with Crippen molar-refractivity contribution in [1.29, 1.82) is 0 Å². The van der Waals surface area contributed by atoms with Gasteiger partial charge in [-0.05, 0) is 32.9 Å². The van der Waals surface area contributed by atoms with Gasteiger partial charge in [0.05, 0.1) is 5.69 Å². The second-order valence-electron chi connectivity index (χ2n) is 4.20. The van der Waals surface area contributed by atoms with Gasteiger partial charge in [0.25, 0.3) is 10.0 Å². The second kappa shape index (κ2) is 5.00. The molecule has 0 aromatic carbocycles. The molecule has 0 unspecified atom stereocenters. The summed E-state index contributed by atoms with van der Waals surface area (Å²) < 4.78 is 28.6. The van der Waals surface area contributed by atoms with Crippen molar-refractivity contribution in [2.75, 3.05) is 4.72 Å². The fourth-order valence-electron chi connectivity index (χ4n) is 1.72. The van der Waals surface area contributed by atoms with Crippen LogP contribution in [0, 0.1) is 13.8 Å². The van der Waals surface area contributed by atoms with Gasteiger partial charge in [0.15, 0.2) is 0 Å². The van der Waals surface area contributed by atoms with Crippen LogP contribution in [0.4, 0.5) is 5.82 Å². The first-order chi connectivity index (χ1) is 8.92. The molecule has 0 amide bonds. The monoisotopic (exact) mass is 280 g/mol. The van der Waals surface area contributed by atoms with E-state index in [1.807, 2.05) is 6.92 Å². The van der Waals surface area contributed by atoms with E-state index in [-0.39, 0.29) is 4.90 Å². The van der Waals surface area contributed by atoms with Crippen LogP contribution in [-0.2, 0) is 16.6 Å². The highest BCUT2D eigenvalue weighted by molar-refractivity contribution is 7.92. The highest BCUT2D eigenvalue weighted by atomic mass is 32.2. The van der Waals surface area contributed by atoms with Gasteiger partial charge in [-0.15, -0.1) is 0 Å². The highest BCUT2D eigenvalue weighted by Gasteiger charge is 2.20. The van der Waals surface area contributed by atoms with Gasteiger partial charge in [0.2, 0.25) is 0 Å². The van der Waals surface area contributed by atoms with Gasteiger partial charge >= 0.3 is 0 Å². The maximum atomic E-state index is 12.3. The highest BCUT2D eigenvalue weighted by Crippen LogP contribution is 2.17. The molecule has 0 spiro atoms. The number of aryl methyl sites for hydroxylation is 3. The number of hydrogen-bond acceptors (Lipinski definition) is 4. The number of hydrogen-bond donors (Lipinski definition) is 1. The zero-order valence-corrected chi connectivity index (χ0v) is 11.9. The molecular formula is C12H16N4O2S. The summed E-state index contributed by atoms with van der Waals surface area (Å²) in [5.74, 6) is 0.309. The van der Waals surface area contributed by atoms with Gasteiger partial charge in [-0.25, -0.2) is 13.4 Å². The van der Waals surface area contributed by atoms with Crippen LogP contribution in [0.5, 0.6) is 0 Å². The zero-order chi connectivity index (χ0) is 14.0. The first kappa shape index (κ1) is 13.5. The number of sulfonamides is 1. The fraction of sp³-hybridized carbons (Fsp3) is 0.333. The lowest BCUT2D eigenvalue weighted by Gasteiger charge is -2.06. The first-order valence-electron chi connectivity index (χ1n) is 5.93. The van der Waals surface area contributed by atoms with E-state index in [1.54, 1.807) is 36.7 Å². The van der Waals surface area contributed by atoms with E-state index in [2.05, 4.69) is 14.8 Å². The van der Waals surface area contributed by atoms with E-state index in [4.69, 9.17) is 0 Å². The van der Waals surface area contributed by atoms with Crippen LogP contribution < -0.4 is 4.72 Å². The molecule has 1 N–H and O–H groups in total. The van der Waals surface area contributed by atoms with Crippen LogP contribution in [0.2, 0.25) is 0 Å². The molecule has 2 aromatic rings. The Morgan fingerprint density at radius 3 is 2.63 bits per heavy atom. The molecule has 2 heterocycles. The Kier molecular flexibility index (Phi) is 3.57. The average molecular weight is 280 g/mol. The number of rotatable bonds is 4. The third-order valence-electron chi connectivity index (χ3n) is 2.64. The number of nitrogens with zero attached hydrogens (tertiary/aromatic N) is 3. The van der Waals surface area contributed by atoms with Crippen LogP contribution in [0.3, 0.4) is 0 Å². The van der Waals surface area contributed by atoms with Crippen molar-refractivity contribution in [3.8, 4) is 0 Å². The van der Waals surface area contributed by atoms with Crippen molar-refractivity contribution < 1.29 is 8.42 Å². The Hall–Kier alpha value is -1.89. The predicted octanol–water partition coefficient (Wildman–Crippen LogP) is 1.72. The summed E-state index contributed by atoms with van der Waals surface area (Å²) in [6, 6.07) is 5.17. The molecule has 6 nitrogen and oxygen atoms in total. The normalized spacial score (nSPS) is 11.5. The van der Waals surface area contributed by atoms with E-state index in [9.17, 15) is 8.42 Å². The van der Waals surface area contributed by atoms with Crippen LogP contribution in [0.15, 0.2) is 29.3 Å². The SMILES string of the molecule is CCn1cc(S(=O)(=O)Nc2cccc(C)n2)c(C)n1. The molecule has 0 saturated carbocycles. The Labute approximate surface area is 112 Å². The quantitative estimate of drug-likeness (QED) is 0.925. The van der Waals surface area contributed by atoms with E-state index in [0.29, 0.717) is 18.1 Å². The minimum absolute atomic E-state index is 0.178. The molecule has 0 atom stereocenters. The zero-order valence-electron chi connectivity index (χ0n) is 11.1. The van der Waals surface area contributed by atoms with E-state index in [0.717, 1.165) is 5.69 Å². The van der Waals surface area contributed by atoms with Crippen molar-refractivity contribution in [3.63, 3.8) is 0 Å². The van der Waals surface area contributed by atoms with Gasteiger partial charge in [-0.1, -0.05) is 6.07 Å². The lowest BCUT2D eigenvalue weighted by Crippen LogP contribution is -2.14. The van der Waals surface area contributed by atoms with E-state index < -0.39 is 10.0 Å². The van der Waals surface area contributed by atoms with Crippen LogP contribution >= 0.6 is 0 Å². The molecule has 0 bridgehead atoms. The topological polar surface area (TPSA) is 76.9 Å². The number of nitrogens with one attached hydrogen (secondary N) is 1. The van der Waals surface area contributed by atoms with Crippen LogP contribution in [0.25, 0.3) is 0 Å². The smallest absolute Gasteiger partial charge is 0.266 e. The van der Waals surface area contributed by atoms with Gasteiger partial charge in [-0.3, -0.25) is 9.40 Å². The van der Waals surface area contributed by atoms with Crippen molar-refractivity contribution in [3.05, 3.63) is 35.8 Å². The largest absolute Gasteiger partial charge is 0.271 e. The molecule has 2 rings (SSSR count). The van der Waals surface area contributed by atoms with Gasteiger partial charge in [-0.2, -0.15) is 5.10 Å². The summed E-state index contributed by atoms with van der Waals surface area (Å²) in [5.41, 5.74) is 1.23. The number of anilines is 1. The second-order valence-corrected chi connectivity index (χ2v) is 5.85. The molecule has 0 aliphatic heterocycles. The Morgan fingerprint density at radius 2 is 2.05 bits per heavy atom. The number of aromatic nitrogens is 3. The first-order valence-corrected chi connectivity index (χ1v) is 7.41. The van der Waals surface area contributed by atoms with Crippen molar-refractivity contribution in [2.45, 2.75) is 32.2 Å². The van der Waals surface area contributed by atoms with Gasteiger partial charge in [0.1, 0.15) is 10.7 Å². The third-order valence-corrected chi connectivity index (χ3v) is 4.10. The summed E-state index contributed by atoms with van der Waals surface area (Å²) in [5, 5.41) is 4.13. The Balaban J connectivity index is 2.34. The summed E-state index contributed by atoms with van der Waals surface area (Å²) in [6.07, 6.45) is 1.52. The van der Waals surface area contributed by atoms with Crippen LogP contribution in [-0.4, -0.2) is 23.2 Å². The van der Waals surface area contributed by atoms with Gasteiger partial charge < -0.3 is 0 Å². The molecule has 102 valence electrons. The maximum absolute atomic E-state index is 12.3. The van der Waals surface area contributed by atoms with Crippen molar-refractivity contribution >= 4 is 15.8 Å². The molecule has 19 heavy (non-hydrogen) atoms. The standard InChI is InChI=1S/C12H16N4O2S/c1-4-16-8-11(10(3)14-16)19(17,18)15-12-7-5-6-9(2)13-12/h5-8H,4H2,1-3H3,(H,13,15). The lowest BCUT2D eigenvalue weighted by molar-refractivity contribution is 0.600. The van der Waals surface area contributed by atoms with Crippen molar-refractivity contribution in [1.82, 2.24) is 14.8 Å².